The van der Waals surface area contributed by atoms with Gasteiger partial charge in [-0.25, -0.2) is 15.0 Å². The van der Waals surface area contributed by atoms with Crippen LogP contribution in [0, 0.1) is 5.92 Å². The maximum atomic E-state index is 5.05. The van der Waals surface area contributed by atoms with E-state index in [1.54, 1.807) is 12.4 Å². The Labute approximate surface area is 450 Å². The number of allylic oxidation sites excluding steroid dienone is 2. The molecule has 1 atom stereocenters. The van der Waals surface area contributed by atoms with Gasteiger partial charge in [0.05, 0.1) is 68.3 Å². The largest absolute Gasteiger partial charge is 0.269 e. The van der Waals surface area contributed by atoms with Crippen LogP contribution in [-0.2, 0) is 0 Å². The molecule has 12 heterocycles. The number of rotatable bonds is 12. The molecule has 0 spiro atoms. The SMILES string of the molecule is C1=CN=CC(C2=CN=C(c3cccc(-c4ccc(-c5cc(-c6ccc(-c7cccc(-c8ccc(-c9cccnc9)cn8)n7)nc6)cc(-c6ccc(-c7cccc(-c8ccc(-c9cccnc9)cn8)n7)nc6)c5)cn4)n3)CC2)C1. The summed E-state index contributed by atoms with van der Waals surface area (Å²) in [4.78, 5) is 57.1. The number of pyridine rings is 10. The monoisotopic (exact) mass is 1010 g/mol. The molecule has 78 heavy (non-hydrogen) atoms. The van der Waals surface area contributed by atoms with Crippen LogP contribution in [-0.4, -0.2) is 61.8 Å². The molecule has 370 valence electrons. The van der Waals surface area contributed by atoms with E-state index in [1.165, 1.54) is 5.57 Å². The van der Waals surface area contributed by atoms with Crippen molar-refractivity contribution in [2.75, 3.05) is 0 Å². The molecule has 0 N–H and O–H groups in total. The maximum Gasteiger partial charge on any atom is 0.0894 e. The highest BCUT2D eigenvalue weighted by molar-refractivity contribution is 6.00. The first kappa shape index (κ1) is 47.3. The molecule has 0 amide bonds. The molecule has 0 radical (unpaired) electrons. The van der Waals surface area contributed by atoms with Gasteiger partial charge in [0.2, 0.25) is 0 Å². The highest BCUT2D eigenvalue weighted by atomic mass is 14.8. The Morgan fingerprint density at radius 3 is 1.05 bits per heavy atom. The fourth-order valence-corrected chi connectivity index (χ4v) is 9.71. The van der Waals surface area contributed by atoms with Crippen molar-refractivity contribution >= 4 is 11.9 Å². The molecule has 12 heteroatoms. The van der Waals surface area contributed by atoms with E-state index in [4.69, 9.17) is 44.9 Å². The van der Waals surface area contributed by atoms with Crippen LogP contribution in [0.1, 0.15) is 25.0 Å². The van der Waals surface area contributed by atoms with Gasteiger partial charge in [0.25, 0.3) is 0 Å². The summed E-state index contributed by atoms with van der Waals surface area (Å²) in [6.07, 6.45) is 27.4. The van der Waals surface area contributed by atoms with Crippen molar-refractivity contribution in [1.29, 1.82) is 0 Å². The Kier molecular flexibility index (Phi) is 13.0. The van der Waals surface area contributed by atoms with Gasteiger partial charge in [-0.2, -0.15) is 0 Å². The number of hydrogen-bond acceptors (Lipinski definition) is 12. The van der Waals surface area contributed by atoms with Crippen molar-refractivity contribution in [3.63, 3.8) is 0 Å². The minimum absolute atomic E-state index is 0.311. The zero-order valence-corrected chi connectivity index (χ0v) is 42.1. The third-order valence-corrected chi connectivity index (χ3v) is 14.0. The minimum Gasteiger partial charge on any atom is -0.269 e. The van der Waals surface area contributed by atoms with E-state index in [2.05, 4.69) is 57.4 Å². The molecule has 11 aromatic rings. The van der Waals surface area contributed by atoms with Gasteiger partial charge in [0.15, 0.2) is 0 Å². The predicted molar refractivity (Wildman–Crippen MR) is 308 cm³/mol. The number of aromatic nitrogens is 10. The second-order valence-corrected chi connectivity index (χ2v) is 19.0. The van der Waals surface area contributed by atoms with Gasteiger partial charge in [-0.05, 0) is 139 Å². The van der Waals surface area contributed by atoms with E-state index in [0.717, 1.165) is 143 Å². The zero-order valence-electron chi connectivity index (χ0n) is 42.1. The minimum atomic E-state index is 0.311. The van der Waals surface area contributed by atoms with Crippen LogP contribution in [0.4, 0.5) is 0 Å². The number of nitrogens with zero attached hydrogens (tertiary/aromatic N) is 12. The van der Waals surface area contributed by atoms with Crippen LogP contribution in [0.3, 0.4) is 0 Å². The molecule has 0 aliphatic carbocycles. The second-order valence-electron chi connectivity index (χ2n) is 19.0. The fourth-order valence-electron chi connectivity index (χ4n) is 9.71. The first-order valence-corrected chi connectivity index (χ1v) is 25.7. The van der Waals surface area contributed by atoms with Crippen LogP contribution in [0.5, 0.6) is 0 Å². The molecular formula is C66H46N12. The Morgan fingerprint density at radius 2 is 0.718 bits per heavy atom. The molecule has 1 aromatic carbocycles. The standard InChI is InChI=1S/C66H46N12/c1-10-61(55-22-16-46(37-70-55)43-7-4-28-67-34-43)76-64(13-1)58-25-19-49(40-73-58)52-31-53(50-20-26-59(74-41-50)65-14-2-11-62(77-65)56-23-17-47(38-71-56)44-8-5-29-68-35-44)33-54(32-52)51-21-27-60(75-42-51)66-15-3-12-63(78-66)57-24-18-48(39-72-57)45-9-6-30-69-36-45/h1-8,10-17,19-23,25-42,45H,9,18,24H2. The lowest BCUT2D eigenvalue weighted by atomic mass is 9.90. The average Bonchev–Trinajstić information content (AvgIpc) is 3.56. The molecule has 2 aliphatic rings. The molecule has 10 aromatic heterocycles. The summed E-state index contributed by atoms with van der Waals surface area (Å²) in [5.74, 6) is 0.311. The quantitative estimate of drug-likeness (QED) is 0.116. The first-order valence-electron chi connectivity index (χ1n) is 25.7. The van der Waals surface area contributed by atoms with E-state index in [1.807, 2.05) is 183 Å². The summed E-state index contributed by atoms with van der Waals surface area (Å²) in [6, 6.07) is 52.8. The van der Waals surface area contributed by atoms with Crippen molar-refractivity contribution in [3.05, 3.63) is 243 Å². The lowest BCUT2D eigenvalue weighted by molar-refractivity contribution is 0.756. The number of hydrogen-bond donors (Lipinski definition) is 0. The molecule has 0 fully saturated rings. The highest BCUT2D eigenvalue weighted by Crippen LogP contribution is 2.35. The first-order chi connectivity index (χ1) is 38.6. The number of benzene rings is 1. The summed E-state index contributed by atoms with van der Waals surface area (Å²) in [5.41, 5.74) is 20.6. The lowest BCUT2D eigenvalue weighted by Gasteiger charge is -2.19. The second kappa shape index (κ2) is 21.4. The molecule has 12 nitrogen and oxygen atoms in total. The van der Waals surface area contributed by atoms with Gasteiger partial charge >= 0.3 is 0 Å². The van der Waals surface area contributed by atoms with Crippen molar-refractivity contribution < 1.29 is 0 Å². The van der Waals surface area contributed by atoms with Crippen molar-refractivity contribution in [3.8, 4) is 113 Å². The lowest BCUT2D eigenvalue weighted by Crippen LogP contribution is -2.13. The molecule has 1 unspecified atom stereocenters. The summed E-state index contributed by atoms with van der Waals surface area (Å²) in [5, 5.41) is 0. The van der Waals surface area contributed by atoms with Gasteiger partial charge in [0.1, 0.15) is 0 Å². The topological polar surface area (TPSA) is 154 Å². The molecule has 0 saturated heterocycles. The van der Waals surface area contributed by atoms with Crippen molar-refractivity contribution in [1.82, 2.24) is 49.8 Å². The van der Waals surface area contributed by atoms with Gasteiger partial charge in [-0.3, -0.25) is 44.9 Å². The Morgan fingerprint density at radius 1 is 0.333 bits per heavy atom. The molecule has 0 bridgehead atoms. The summed E-state index contributed by atoms with van der Waals surface area (Å²) >= 11 is 0. The van der Waals surface area contributed by atoms with Gasteiger partial charge in [-0.1, -0.05) is 66.7 Å². The van der Waals surface area contributed by atoms with Gasteiger partial charge < -0.3 is 0 Å². The zero-order chi connectivity index (χ0) is 52.0. The molecule has 2 aliphatic heterocycles. The third-order valence-electron chi connectivity index (χ3n) is 14.0. The van der Waals surface area contributed by atoms with E-state index < -0.39 is 0 Å². The van der Waals surface area contributed by atoms with E-state index in [-0.39, 0.29) is 0 Å². The van der Waals surface area contributed by atoms with Crippen LogP contribution >= 0.6 is 0 Å². The fraction of sp³-hybridized carbons (Fsp3) is 0.0606. The van der Waals surface area contributed by atoms with E-state index >= 15 is 0 Å². The maximum absolute atomic E-state index is 5.05. The average molecular weight is 1010 g/mol. The van der Waals surface area contributed by atoms with Crippen molar-refractivity contribution in [2.24, 2.45) is 15.9 Å². The Bertz CT molecular complexity index is 3880. The van der Waals surface area contributed by atoms with E-state index in [9.17, 15) is 0 Å². The summed E-state index contributed by atoms with van der Waals surface area (Å²) in [7, 11) is 0. The molecular weight excluding hydrogens is 961 g/mol. The van der Waals surface area contributed by atoms with E-state index in [0.29, 0.717) is 5.92 Å². The molecule has 13 rings (SSSR count). The van der Waals surface area contributed by atoms with Crippen LogP contribution in [0.25, 0.3) is 113 Å². The normalized spacial score (nSPS) is 13.9. The highest BCUT2D eigenvalue weighted by Gasteiger charge is 2.19. The van der Waals surface area contributed by atoms with Gasteiger partial charge in [0, 0.05) is 119 Å². The smallest absolute Gasteiger partial charge is 0.0894 e. The summed E-state index contributed by atoms with van der Waals surface area (Å²) < 4.78 is 0. The Hall–Kier alpha value is -10.5. The summed E-state index contributed by atoms with van der Waals surface area (Å²) in [6.45, 7) is 0. The van der Waals surface area contributed by atoms with Crippen LogP contribution in [0.15, 0.2) is 248 Å². The Balaban J connectivity index is 0.795. The van der Waals surface area contributed by atoms with Crippen LogP contribution < -0.4 is 0 Å². The molecule has 0 saturated carbocycles. The third kappa shape index (κ3) is 10.2. The van der Waals surface area contributed by atoms with Crippen molar-refractivity contribution in [2.45, 2.75) is 19.3 Å². The van der Waals surface area contributed by atoms with Crippen LogP contribution in [0.2, 0.25) is 0 Å². The van der Waals surface area contributed by atoms with Gasteiger partial charge in [-0.15, -0.1) is 0 Å². The predicted octanol–water partition coefficient (Wildman–Crippen LogP) is 14.4. The number of aliphatic imine (C=N–C) groups is 2.